The van der Waals surface area contributed by atoms with Gasteiger partial charge in [0.05, 0.1) is 16.6 Å². The molecule has 0 aliphatic carbocycles. The van der Waals surface area contributed by atoms with E-state index in [-0.39, 0.29) is 36.4 Å². The summed E-state index contributed by atoms with van der Waals surface area (Å²) < 4.78 is 27.3. The lowest BCUT2D eigenvalue weighted by Crippen LogP contribution is -2.61. The Hall–Kier alpha value is -2.40. The van der Waals surface area contributed by atoms with Gasteiger partial charge in [-0.3, -0.25) is 14.5 Å². The van der Waals surface area contributed by atoms with E-state index < -0.39 is 23.1 Å². The summed E-state index contributed by atoms with van der Waals surface area (Å²) in [6.45, 7) is 9.73. The third-order valence-corrected chi connectivity index (χ3v) is 8.87. The van der Waals surface area contributed by atoms with E-state index in [2.05, 4.69) is 24.1 Å². The SMILES string of the molecule is CC1(C)CCN(C(=O)c2ccc(NC3CN(C4CCN(C(=O)[C@@](C)(O)c5cc(F)cc(F)c5)CC4)C3)cc2Cl)C1.S. The van der Waals surface area contributed by atoms with Crippen molar-refractivity contribution in [2.45, 2.75) is 57.7 Å². The van der Waals surface area contributed by atoms with Gasteiger partial charge in [-0.25, -0.2) is 8.78 Å². The molecule has 2 N–H and O–H groups in total. The number of halogens is 3. The van der Waals surface area contributed by atoms with Crippen LogP contribution >= 0.6 is 25.1 Å². The first-order valence-electron chi connectivity index (χ1n) is 13.9. The molecule has 0 bridgehead atoms. The van der Waals surface area contributed by atoms with Crippen LogP contribution in [-0.4, -0.2) is 83.0 Å². The molecule has 3 aliphatic rings. The van der Waals surface area contributed by atoms with E-state index >= 15 is 0 Å². The van der Waals surface area contributed by atoms with Crippen LogP contribution in [0.25, 0.3) is 0 Å². The lowest BCUT2D eigenvalue weighted by Gasteiger charge is -2.48. The topological polar surface area (TPSA) is 76.1 Å². The number of rotatable bonds is 6. The molecule has 3 aliphatic heterocycles. The van der Waals surface area contributed by atoms with Crippen molar-refractivity contribution < 1.29 is 23.5 Å². The first-order valence-corrected chi connectivity index (χ1v) is 14.3. The fourth-order valence-electron chi connectivity index (χ4n) is 6.07. The molecule has 0 saturated carbocycles. The molecular formula is C30H39ClF2N4O3S. The zero-order valence-corrected chi connectivity index (χ0v) is 25.5. The van der Waals surface area contributed by atoms with Gasteiger partial charge in [0.2, 0.25) is 0 Å². The fraction of sp³-hybridized carbons (Fsp3) is 0.533. The molecule has 7 nitrogen and oxygen atoms in total. The normalized spacial score (nSPS) is 21.1. The van der Waals surface area contributed by atoms with Crippen LogP contribution in [0.3, 0.4) is 0 Å². The molecule has 3 fully saturated rings. The molecule has 1 atom stereocenters. The Morgan fingerprint density at radius 3 is 2.22 bits per heavy atom. The Morgan fingerprint density at radius 2 is 1.66 bits per heavy atom. The molecule has 5 rings (SSSR count). The minimum absolute atomic E-state index is 0. The maximum absolute atomic E-state index is 13.7. The Bertz CT molecular complexity index is 1280. The van der Waals surface area contributed by atoms with Crippen LogP contribution in [0, 0.1) is 17.0 Å². The van der Waals surface area contributed by atoms with Gasteiger partial charge in [-0.05, 0) is 67.5 Å². The van der Waals surface area contributed by atoms with Gasteiger partial charge < -0.3 is 20.2 Å². The van der Waals surface area contributed by atoms with Gasteiger partial charge in [-0.15, -0.1) is 0 Å². The molecule has 224 valence electrons. The highest BCUT2D eigenvalue weighted by Gasteiger charge is 2.40. The summed E-state index contributed by atoms with van der Waals surface area (Å²) in [6, 6.07) is 8.79. The van der Waals surface area contributed by atoms with E-state index in [1.54, 1.807) is 11.0 Å². The number of carbonyl (C=O) groups is 2. The lowest BCUT2D eigenvalue weighted by atomic mass is 9.91. The number of amides is 2. The summed E-state index contributed by atoms with van der Waals surface area (Å²) in [7, 11) is 0. The molecular weight excluding hydrogens is 570 g/mol. The second-order valence-electron chi connectivity index (χ2n) is 12.4. The van der Waals surface area contributed by atoms with Crippen LogP contribution < -0.4 is 5.32 Å². The molecule has 3 heterocycles. The van der Waals surface area contributed by atoms with Crippen molar-refractivity contribution in [1.82, 2.24) is 14.7 Å². The molecule has 0 unspecified atom stereocenters. The number of likely N-dealkylation sites (tertiary alicyclic amines) is 3. The predicted molar refractivity (Wildman–Crippen MR) is 161 cm³/mol. The van der Waals surface area contributed by atoms with E-state index in [4.69, 9.17) is 11.6 Å². The van der Waals surface area contributed by atoms with Gasteiger partial charge in [-0.2, -0.15) is 13.5 Å². The van der Waals surface area contributed by atoms with E-state index in [0.717, 1.165) is 63.3 Å². The molecule has 2 aromatic carbocycles. The van der Waals surface area contributed by atoms with E-state index in [9.17, 15) is 23.5 Å². The highest BCUT2D eigenvalue weighted by molar-refractivity contribution is 7.59. The van der Waals surface area contributed by atoms with Crippen molar-refractivity contribution >= 4 is 42.6 Å². The number of hydrogen-bond donors (Lipinski definition) is 2. The Kier molecular flexibility index (Phi) is 9.28. The third kappa shape index (κ3) is 6.82. The zero-order valence-electron chi connectivity index (χ0n) is 23.7. The number of anilines is 1. The molecule has 11 heteroatoms. The number of nitrogens with one attached hydrogen (secondary N) is 1. The lowest BCUT2D eigenvalue weighted by molar-refractivity contribution is -0.152. The number of benzene rings is 2. The molecule has 2 aromatic rings. The van der Waals surface area contributed by atoms with Crippen molar-refractivity contribution in [2.24, 2.45) is 5.41 Å². The third-order valence-electron chi connectivity index (χ3n) is 8.55. The Labute approximate surface area is 252 Å². The van der Waals surface area contributed by atoms with Crippen LogP contribution in [-0.2, 0) is 10.4 Å². The van der Waals surface area contributed by atoms with Gasteiger partial charge in [0.25, 0.3) is 11.8 Å². The average molecular weight is 609 g/mol. The van der Waals surface area contributed by atoms with Crippen molar-refractivity contribution in [3.8, 4) is 0 Å². The van der Waals surface area contributed by atoms with Crippen LogP contribution in [0.1, 0.15) is 56.0 Å². The number of hydrogen-bond acceptors (Lipinski definition) is 5. The van der Waals surface area contributed by atoms with Crippen LogP contribution in [0.15, 0.2) is 36.4 Å². The van der Waals surface area contributed by atoms with Gasteiger partial charge in [0.1, 0.15) is 11.6 Å². The minimum atomic E-state index is -2.01. The zero-order chi connectivity index (χ0) is 28.8. The van der Waals surface area contributed by atoms with Crippen molar-refractivity contribution in [3.63, 3.8) is 0 Å². The molecule has 3 saturated heterocycles. The van der Waals surface area contributed by atoms with Gasteiger partial charge >= 0.3 is 0 Å². The highest BCUT2D eigenvalue weighted by Crippen LogP contribution is 2.33. The molecule has 0 spiro atoms. The molecule has 0 radical (unpaired) electrons. The van der Waals surface area contributed by atoms with Gasteiger partial charge in [-0.1, -0.05) is 25.4 Å². The minimum Gasteiger partial charge on any atom is -0.380 e. The summed E-state index contributed by atoms with van der Waals surface area (Å²) in [6.07, 6.45) is 2.49. The number of nitrogens with zero attached hydrogens (tertiary/aromatic N) is 3. The van der Waals surface area contributed by atoms with Gasteiger partial charge in [0, 0.05) is 57.1 Å². The predicted octanol–water partition coefficient (Wildman–Crippen LogP) is 4.60. The molecule has 2 amide bonds. The molecule has 0 aromatic heterocycles. The summed E-state index contributed by atoms with van der Waals surface area (Å²) in [5.74, 6) is -2.24. The summed E-state index contributed by atoms with van der Waals surface area (Å²) >= 11 is 6.51. The largest absolute Gasteiger partial charge is 0.380 e. The second kappa shape index (κ2) is 12.1. The standard InChI is InChI=1S/C30H37ClF2N4O3.H2S/c1-29(2)8-11-36(18-29)27(38)25-5-4-22(15-26(25)31)34-23-16-37(17-23)24-6-9-35(10-7-24)28(39)30(3,40)19-12-20(32)14-21(33)13-19;/h4-5,12-15,23-24,34,40H,6-11,16-18H2,1-3H3;1H2/t30-;/m0./s1. The van der Waals surface area contributed by atoms with E-state index in [1.807, 2.05) is 17.0 Å². The number of aliphatic hydroxyl groups is 1. The van der Waals surface area contributed by atoms with Crippen LogP contribution in [0.4, 0.5) is 14.5 Å². The van der Waals surface area contributed by atoms with Crippen LogP contribution in [0.5, 0.6) is 0 Å². The summed E-state index contributed by atoms with van der Waals surface area (Å²) in [5.41, 5.74) is -0.554. The maximum Gasteiger partial charge on any atom is 0.258 e. The highest BCUT2D eigenvalue weighted by atomic mass is 35.5. The van der Waals surface area contributed by atoms with Crippen LogP contribution in [0.2, 0.25) is 5.02 Å². The Balaban J connectivity index is 0.00000387. The molecule has 41 heavy (non-hydrogen) atoms. The number of piperidine rings is 1. The number of carbonyl (C=O) groups excluding carboxylic acids is 2. The van der Waals surface area contributed by atoms with Crippen molar-refractivity contribution in [2.75, 3.05) is 44.6 Å². The quantitative estimate of drug-likeness (QED) is 0.502. The van der Waals surface area contributed by atoms with E-state index in [0.29, 0.717) is 35.8 Å². The Morgan fingerprint density at radius 1 is 1.02 bits per heavy atom. The smallest absolute Gasteiger partial charge is 0.258 e. The monoisotopic (exact) mass is 608 g/mol. The summed E-state index contributed by atoms with van der Waals surface area (Å²) in [5, 5.41) is 14.8. The fourth-order valence-corrected chi connectivity index (χ4v) is 6.33. The summed E-state index contributed by atoms with van der Waals surface area (Å²) in [4.78, 5) is 31.8. The second-order valence-corrected chi connectivity index (χ2v) is 12.8. The first kappa shape index (κ1) is 31.5. The average Bonchev–Trinajstić information content (AvgIpc) is 3.24. The van der Waals surface area contributed by atoms with Crippen molar-refractivity contribution in [3.05, 3.63) is 64.2 Å². The van der Waals surface area contributed by atoms with Gasteiger partial charge in [0.15, 0.2) is 5.60 Å². The first-order chi connectivity index (χ1) is 18.8. The maximum atomic E-state index is 13.7. The van der Waals surface area contributed by atoms with E-state index in [1.165, 1.54) is 6.92 Å². The van der Waals surface area contributed by atoms with Crippen molar-refractivity contribution in [1.29, 1.82) is 0 Å².